The second-order valence-electron chi connectivity index (χ2n) is 11.4. The second-order valence-corrected chi connectivity index (χ2v) is 12.8. The number of urea groups is 1. The lowest BCUT2D eigenvalue weighted by molar-refractivity contribution is -0.688. The van der Waals surface area contributed by atoms with Crippen LogP contribution in [0.25, 0.3) is 0 Å². The number of aromatic nitrogens is 1. The molecule has 0 spiro atoms. The molecule has 260 valence electrons. The molecule has 1 aromatic heterocycles. The summed E-state index contributed by atoms with van der Waals surface area (Å²) in [5.74, 6) is -1.62. The van der Waals surface area contributed by atoms with Crippen molar-refractivity contribution in [3.05, 3.63) is 126 Å². The van der Waals surface area contributed by atoms with E-state index in [0.29, 0.717) is 23.2 Å². The summed E-state index contributed by atoms with van der Waals surface area (Å²) in [6.07, 6.45) is -1.80. The highest BCUT2D eigenvalue weighted by Gasteiger charge is 2.55. The first-order valence-corrected chi connectivity index (χ1v) is 16.5. The summed E-state index contributed by atoms with van der Waals surface area (Å²) in [5, 5.41) is 9.58. The molecule has 3 aromatic carbocycles. The minimum absolute atomic E-state index is 0.175. The van der Waals surface area contributed by atoms with Gasteiger partial charge in [-0.05, 0) is 55.0 Å². The van der Waals surface area contributed by atoms with Crippen molar-refractivity contribution >= 4 is 27.8 Å². The molecule has 0 radical (unpaired) electrons. The van der Waals surface area contributed by atoms with E-state index in [4.69, 9.17) is 4.74 Å². The molecule has 2 fully saturated rings. The van der Waals surface area contributed by atoms with Gasteiger partial charge in [-0.15, -0.1) is 0 Å². The van der Waals surface area contributed by atoms with Crippen LogP contribution in [0.5, 0.6) is 0 Å². The average Bonchev–Trinajstić information content (AvgIpc) is 3.48. The lowest BCUT2D eigenvalue weighted by Gasteiger charge is -2.51. The number of amides is 2. The topological polar surface area (TPSA) is 159 Å². The van der Waals surface area contributed by atoms with Crippen LogP contribution in [0, 0.1) is 17.2 Å². The molecular weight excluding hydrogens is 677 g/mol. The van der Waals surface area contributed by atoms with Gasteiger partial charge in [0.1, 0.15) is 16.0 Å². The molecule has 0 bridgehead atoms. The van der Waals surface area contributed by atoms with Gasteiger partial charge in [0, 0.05) is 29.4 Å². The maximum absolute atomic E-state index is 13.6. The standard InChI is InChI=1S/C28H25F3N6O3.C6H6O3S/c1-17-23(25(38)40-2)24(22-10-9-18(15-32)13-19(22)16-35-11-4-3-5-12-35)37-26(33-34-27(37)39)36(17)21-8-6-7-20(14-21)28(29,30)31;7-10(8,9)6-4-2-1-3-5-6/h3-14,17,23-24,26,33H,16H2,1-2H3;1-5H,(H,7,8,9)/t17?,23?,24-,26?;/m0./s1. The third-order valence-corrected chi connectivity index (χ3v) is 9.22. The van der Waals surface area contributed by atoms with E-state index in [2.05, 4.69) is 16.9 Å². The van der Waals surface area contributed by atoms with Crippen molar-refractivity contribution in [3.63, 3.8) is 0 Å². The molecule has 2 amide bonds. The van der Waals surface area contributed by atoms with Crippen molar-refractivity contribution in [3.8, 4) is 6.07 Å². The second kappa shape index (κ2) is 14.5. The van der Waals surface area contributed by atoms with Crippen LogP contribution in [0.15, 0.2) is 108 Å². The van der Waals surface area contributed by atoms with Gasteiger partial charge < -0.3 is 14.2 Å². The first kappa shape index (κ1) is 35.8. The molecule has 2 aliphatic rings. The fourth-order valence-electron chi connectivity index (χ4n) is 6.13. The summed E-state index contributed by atoms with van der Waals surface area (Å²) in [6, 6.07) is 22.6. The number of fused-ring (bicyclic) bond motifs is 1. The van der Waals surface area contributed by atoms with Gasteiger partial charge in [0.25, 0.3) is 0 Å². The van der Waals surface area contributed by atoms with Crippen molar-refractivity contribution in [1.29, 1.82) is 5.26 Å². The predicted octanol–water partition coefficient (Wildman–Crippen LogP) is 4.06. The molecule has 3 heterocycles. The Morgan fingerprint density at radius 1 is 1.00 bits per heavy atom. The molecule has 16 heteroatoms. The molecule has 0 aliphatic carbocycles. The molecule has 4 atom stereocenters. The van der Waals surface area contributed by atoms with Crippen LogP contribution in [0.4, 0.5) is 23.7 Å². The van der Waals surface area contributed by atoms with Crippen molar-refractivity contribution in [2.24, 2.45) is 5.92 Å². The van der Waals surface area contributed by atoms with E-state index in [-0.39, 0.29) is 10.6 Å². The van der Waals surface area contributed by atoms with E-state index < -0.39 is 58.1 Å². The van der Waals surface area contributed by atoms with E-state index in [1.165, 1.54) is 48.4 Å². The maximum atomic E-state index is 13.6. The van der Waals surface area contributed by atoms with Crippen LogP contribution in [0.1, 0.15) is 35.2 Å². The lowest BCUT2D eigenvalue weighted by Crippen LogP contribution is -2.65. The van der Waals surface area contributed by atoms with Gasteiger partial charge in [-0.2, -0.15) is 23.9 Å². The van der Waals surface area contributed by atoms with Crippen LogP contribution in [-0.2, 0) is 32.4 Å². The number of halogens is 3. The molecule has 0 saturated carbocycles. The highest BCUT2D eigenvalue weighted by Crippen LogP contribution is 2.45. The lowest BCUT2D eigenvalue weighted by atomic mass is 9.81. The van der Waals surface area contributed by atoms with Crippen LogP contribution >= 0.6 is 0 Å². The summed E-state index contributed by atoms with van der Waals surface area (Å²) < 4.78 is 78.6. The Morgan fingerprint density at radius 3 is 2.28 bits per heavy atom. The molecular formula is C34H31F3N6O6S. The van der Waals surface area contributed by atoms with Gasteiger partial charge in [-0.25, -0.2) is 17.8 Å². The first-order valence-electron chi connectivity index (χ1n) is 15.1. The zero-order valence-electron chi connectivity index (χ0n) is 26.6. The molecule has 50 heavy (non-hydrogen) atoms. The first-order chi connectivity index (χ1) is 23.7. The number of hydrogen-bond acceptors (Lipinski definition) is 9. The third-order valence-electron chi connectivity index (χ3n) is 8.37. The Morgan fingerprint density at radius 2 is 1.68 bits per heavy atom. The number of alkyl halides is 3. The zero-order chi connectivity index (χ0) is 36.2. The van der Waals surface area contributed by atoms with Gasteiger partial charge in [-0.1, -0.05) is 36.4 Å². The number of methoxy groups -OCH3 is 1. The van der Waals surface area contributed by atoms with Crippen LogP contribution in [-0.4, -0.2) is 49.3 Å². The number of nitrogens with one attached hydrogen (secondary N) is 2. The molecule has 2 aliphatic heterocycles. The number of nitriles is 1. The number of carbonyl (C=O) groups is 2. The molecule has 12 nitrogen and oxygen atoms in total. The van der Waals surface area contributed by atoms with Crippen LogP contribution in [0.2, 0.25) is 0 Å². The number of ether oxygens (including phenoxy) is 1. The number of hydrazine groups is 1. The summed E-state index contributed by atoms with van der Waals surface area (Å²) in [6.45, 7) is 2.06. The van der Waals surface area contributed by atoms with Crippen molar-refractivity contribution in [2.75, 3.05) is 12.0 Å². The smallest absolute Gasteiger partial charge is 0.416 e. The Hall–Kier alpha value is -5.50. The monoisotopic (exact) mass is 708 g/mol. The molecule has 2 N–H and O–H groups in total. The Bertz CT molecular complexity index is 2010. The molecule has 3 unspecified atom stereocenters. The Kier molecular flexibility index (Phi) is 10.4. The highest BCUT2D eigenvalue weighted by atomic mass is 32.2. The van der Waals surface area contributed by atoms with Crippen molar-refractivity contribution in [2.45, 2.75) is 42.9 Å². The highest BCUT2D eigenvalue weighted by molar-refractivity contribution is 7.85. The summed E-state index contributed by atoms with van der Waals surface area (Å²) in [7, 11) is -3.02. The van der Waals surface area contributed by atoms with Crippen molar-refractivity contribution in [1.82, 2.24) is 15.8 Å². The average molecular weight is 709 g/mol. The number of anilines is 1. The third kappa shape index (κ3) is 7.54. The predicted molar refractivity (Wildman–Crippen MR) is 170 cm³/mol. The summed E-state index contributed by atoms with van der Waals surface area (Å²) in [4.78, 5) is 29.5. The summed E-state index contributed by atoms with van der Waals surface area (Å²) >= 11 is 0. The van der Waals surface area contributed by atoms with E-state index in [9.17, 15) is 41.0 Å². The molecule has 2 saturated heterocycles. The number of hydrogen-bond donors (Lipinski definition) is 2. The number of rotatable bonds is 6. The van der Waals surface area contributed by atoms with Gasteiger partial charge in [-0.3, -0.25) is 15.1 Å². The number of esters is 1. The number of carbonyl (C=O) groups excluding carboxylic acids is 2. The number of benzene rings is 3. The van der Waals surface area contributed by atoms with E-state index in [1.54, 1.807) is 36.1 Å². The Labute approximate surface area is 286 Å². The molecule has 6 rings (SSSR count). The minimum atomic E-state index is -4.58. The van der Waals surface area contributed by atoms with Crippen LogP contribution in [0.3, 0.4) is 0 Å². The van der Waals surface area contributed by atoms with Gasteiger partial charge >= 0.3 is 18.2 Å². The fourth-order valence-corrected chi connectivity index (χ4v) is 6.63. The van der Waals surface area contributed by atoms with Gasteiger partial charge in [0.2, 0.25) is 0 Å². The number of nitrogens with zero attached hydrogens (tertiary/aromatic N) is 4. The van der Waals surface area contributed by atoms with Gasteiger partial charge in [0.15, 0.2) is 25.2 Å². The minimum Gasteiger partial charge on any atom is -0.744 e. The van der Waals surface area contributed by atoms with E-state index in [0.717, 1.165) is 12.1 Å². The SMILES string of the molecule is COC(=O)C1C(C)N(c2cccc(C(F)(F)F)c2)C2NNC(=O)N2[C@H]1c1ccc(C#N)cc1C[n+]1ccccc1.O=S(=O)([O-])c1ccccc1. The summed E-state index contributed by atoms with van der Waals surface area (Å²) in [5.41, 5.74) is 6.47. The largest absolute Gasteiger partial charge is 0.744 e. The van der Waals surface area contributed by atoms with E-state index >= 15 is 0 Å². The number of pyridine rings is 1. The fraction of sp³-hybridized carbons (Fsp3) is 0.235. The zero-order valence-corrected chi connectivity index (χ0v) is 27.4. The van der Waals surface area contributed by atoms with Gasteiger partial charge in [0.05, 0.1) is 35.2 Å². The maximum Gasteiger partial charge on any atom is 0.416 e. The normalized spacial score (nSPS) is 20.1. The quantitative estimate of drug-likeness (QED) is 0.171. The van der Waals surface area contributed by atoms with E-state index in [1.807, 2.05) is 35.2 Å². The van der Waals surface area contributed by atoms with Crippen LogP contribution < -0.4 is 20.3 Å². The van der Waals surface area contributed by atoms with Crippen molar-refractivity contribution < 1.29 is 45.0 Å². The Balaban J connectivity index is 0.000000418. The molecule has 4 aromatic rings.